The quantitative estimate of drug-likeness (QED) is 0.743. The number of carbonyl (C=O) groups excluding carboxylic acids is 1. The third-order valence-corrected chi connectivity index (χ3v) is 4.38. The minimum Gasteiger partial charge on any atom is -0.490 e. The third kappa shape index (κ3) is 5.40. The number of ether oxygens (including phenoxy) is 1. The van der Waals surface area contributed by atoms with E-state index in [1.54, 1.807) is 0 Å². The number of hydrogen-bond acceptors (Lipinski definition) is 6. The number of aromatic nitrogens is 3. The molecular weight excluding hydrogens is 356 g/mol. The molecule has 0 saturated carbocycles. The van der Waals surface area contributed by atoms with E-state index in [0.29, 0.717) is 42.5 Å². The number of pyridine rings is 1. The molecule has 7 nitrogen and oxygen atoms in total. The molecule has 2 aromatic heterocycles. The van der Waals surface area contributed by atoms with E-state index in [0.717, 1.165) is 13.0 Å². The van der Waals surface area contributed by atoms with Crippen LogP contribution in [0.3, 0.4) is 0 Å². The minimum absolute atomic E-state index is 0.0752. The second kappa shape index (κ2) is 8.34. The van der Waals surface area contributed by atoms with Gasteiger partial charge in [0.2, 0.25) is 5.91 Å². The van der Waals surface area contributed by atoms with Crippen molar-refractivity contribution >= 4 is 5.91 Å². The molecule has 1 aliphatic rings. The van der Waals surface area contributed by atoms with Crippen LogP contribution in [-0.2, 0) is 0 Å². The lowest BCUT2D eigenvalue weighted by atomic mass is 10.1. The molecule has 0 aromatic carbocycles. The topological polar surface area (TPSA) is 94.2 Å². The Labute approximate surface area is 155 Å². The van der Waals surface area contributed by atoms with Gasteiger partial charge in [-0.2, -0.15) is 0 Å². The van der Waals surface area contributed by atoms with Gasteiger partial charge in [-0.3, -0.25) is 9.78 Å². The van der Waals surface area contributed by atoms with E-state index in [9.17, 15) is 13.6 Å². The normalized spacial score (nSPS) is 16.8. The van der Waals surface area contributed by atoms with Crippen molar-refractivity contribution in [3.8, 4) is 17.3 Å². The summed E-state index contributed by atoms with van der Waals surface area (Å²) in [5.74, 6) is -2.19. The Bertz CT molecular complexity index is 776. The van der Waals surface area contributed by atoms with Gasteiger partial charge in [0.25, 0.3) is 5.92 Å². The summed E-state index contributed by atoms with van der Waals surface area (Å²) in [7, 11) is 0. The number of rotatable bonds is 7. The molecule has 1 fully saturated rings. The molecule has 144 valence electrons. The highest BCUT2D eigenvalue weighted by Crippen LogP contribution is 2.27. The summed E-state index contributed by atoms with van der Waals surface area (Å²) in [5, 5.41) is 0. The van der Waals surface area contributed by atoms with E-state index in [4.69, 9.17) is 10.5 Å². The van der Waals surface area contributed by atoms with Crippen LogP contribution in [0.5, 0.6) is 5.75 Å². The third-order valence-electron chi connectivity index (χ3n) is 4.38. The fraction of sp³-hybridized carbons (Fsp3) is 0.444. The largest absolute Gasteiger partial charge is 0.490 e. The second-order valence-corrected chi connectivity index (χ2v) is 6.44. The molecule has 1 saturated heterocycles. The molecule has 0 aliphatic carbocycles. The maximum absolute atomic E-state index is 13.1. The van der Waals surface area contributed by atoms with Gasteiger partial charge in [-0.25, -0.2) is 18.7 Å². The fourth-order valence-electron chi connectivity index (χ4n) is 2.81. The SMILES string of the molecule is NC(=O)c1ccnc(-c2ncc(OCCCN3CCC(F)(F)CC3)cn2)c1. The lowest BCUT2D eigenvalue weighted by Gasteiger charge is -2.31. The maximum atomic E-state index is 13.1. The van der Waals surface area contributed by atoms with E-state index >= 15 is 0 Å². The van der Waals surface area contributed by atoms with Crippen LogP contribution in [-0.4, -0.2) is 57.9 Å². The molecule has 0 radical (unpaired) electrons. The lowest BCUT2D eigenvalue weighted by molar-refractivity contribution is -0.0554. The number of likely N-dealkylation sites (tertiary alicyclic amines) is 1. The number of amides is 1. The zero-order valence-electron chi connectivity index (χ0n) is 14.8. The number of nitrogens with two attached hydrogens (primary N) is 1. The van der Waals surface area contributed by atoms with Crippen LogP contribution in [0.25, 0.3) is 11.5 Å². The lowest BCUT2D eigenvalue weighted by Crippen LogP contribution is -2.40. The van der Waals surface area contributed by atoms with Gasteiger partial charge in [-0.15, -0.1) is 0 Å². The summed E-state index contributed by atoms with van der Waals surface area (Å²) in [4.78, 5) is 25.8. The highest BCUT2D eigenvalue weighted by atomic mass is 19.3. The van der Waals surface area contributed by atoms with Crippen LogP contribution in [0, 0.1) is 0 Å². The fourth-order valence-corrected chi connectivity index (χ4v) is 2.81. The first-order chi connectivity index (χ1) is 12.9. The predicted molar refractivity (Wildman–Crippen MR) is 94.5 cm³/mol. The zero-order valence-corrected chi connectivity index (χ0v) is 14.8. The summed E-state index contributed by atoms with van der Waals surface area (Å²) in [6.45, 7) is 2.01. The summed E-state index contributed by atoms with van der Waals surface area (Å²) >= 11 is 0. The first-order valence-electron chi connectivity index (χ1n) is 8.74. The Morgan fingerprint density at radius 3 is 2.59 bits per heavy atom. The molecular formula is C18H21F2N5O2. The smallest absolute Gasteiger partial charge is 0.250 e. The molecule has 9 heteroatoms. The number of carbonyl (C=O) groups is 1. The van der Waals surface area contributed by atoms with Crippen LogP contribution < -0.4 is 10.5 Å². The average Bonchev–Trinajstić information content (AvgIpc) is 2.67. The Morgan fingerprint density at radius 1 is 1.22 bits per heavy atom. The first kappa shape index (κ1) is 19.1. The standard InChI is InChI=1S/C18H21F2N5O2/c19-18(20)3-7-25(8-4-18)6-1-9-27-14-11-23-17(24-12-14)15-10-13(16(21)26)2-5-22-15/h2,5,10-12H,1,3-4,6-9H2,(H2,21,26). The minimum atomic E-state index is -2.52. The summed E-state index contributed by atoms with van der Waals surface area (Å²) in [6, 6.07) is 3.05. The van der Waals surface area contributed by atoms with Crippen molar-refractivity contribution in [2.24, 2.45) is 5.73 Å². The Morgan fingerprint density at radius 2 is 1.93 bits per heavy atom. The number of nitrogens with zero attached hydrogens (tertiary/aromatic N) is 4. The Hall–Kier alpha value is -2.68. The number of hydrogen-bond donors (Lipinski definition) is 1. The van der Waals surface area contributed by atoms with Gasteiger partial charge in [-0.05, 0) is 18.6 Å². The van der Waals surface area contributed by atoms with Crippen LogP contribution in [0.2, 0.25) is 0 Å². The number of halogens is 2. The Kier molecular flexibility index (Phi) is 5.90. The monoisotopic (exact) mass is 377 g/mol. The summed E-state index contributed by atoms with van der Waals surface area (Å²) < 4.78 is 31.8. The number of primary amides is 1. The Balaban J connectivity index is 1.46. The average molecular weight is 377 g/mol. The molecule has 1 amide bonds. The van der Waals surface area contributed by atoms with Gasteiger partial charge in [-0.1, -0.05) is 0 Å². The van der Waals surface area contributed by atoms with Crippen molar-refractivity contribution in [2.45, 2.75) is 25.2 Å². The maximum Gasteiger partial charge on any atom is 0.250 e. The van der Waals surface area contributed by atoms with E-state index in [-0.39, 0.29) is 12.8 Å². The predicted octanol–water partition coefficient (Wildman–Crippen LogP) is 2.14. The van der Waals surface area contributed by atoms with Gasteiger partial charge in [0.15, 0.2) is 11.6 Å². The molecule has 2 N–H and O–H groups in total. The number of piperidine rings is 1. The second-order valence-electron chi connectivity index (χ2n) is 6.44. The van der Waals surface area contributed by atoms with Crippen molar-refractivity contribution < 1.29 is 18.3 Å². The van der Waals surface area contributed by atoms with E-state index < -0.39 is 11.8 Å². The molecule has 27 heavy (non-hydrogen) atoms. The van der Waals surface area contributed by atoms with E-state index in [1.165, 1.54) is 30.7 Å². The van der Waals surface area contributed by atoms with Crippen molar-refractivity contribution in [2.75, 3.05) is 26.2 Å². The van der Waals surface area contributed by atoms with Crippen LogP contribution >= 0.6 is 0 Å². The molecule has 0 spiro atoms. The van der Waals surface area contributed by atoms with Gasteiger partial charge < -0.3 is 15.4 Å². The van der Waals surface area contributed by atoms with Gasteiger partial charge in [0.1, 0.15) is 5.69 Å². The van der Waals surface area contributed by atoms with Crippen molar-refractivity contribution in [3.63, 3.8) is 0 Å². The summed E-state index contributed by atoms with van der Waals surface area (Å²) in [5.41, 5.74) is 6.03. The highest BCUT2D eigenvalue weighted by molar-refractivity contribution is 5.93. The van der Waals surface area contributed by atoms with E-state index in [2.05, 4.69) is 15.0 Å². The van der Waals surface area contributed by atoms with Crippen LogP contribution in [0.1, 0.15) is 29.6 Å². The van der Waals surface area contributed by atoms with Crippen LogP contribution in [0.4, 0.5) is 8.78 Å². The summed E-state index contributed by atoms with van der Waals surface area (Å²) in [6.07, 6.45) is 5.11. The highest BCUT2D eigenvalue weighted by Gasteiger charge is 2.33. The number of alkyl halides is 2. The molecule has 2 aromatic rings. The van der Waals surface area contributed by atoms with Crippen molar-refractivity contribution in [3.05, 3.63) is 36.3 Å². The van der Waals surface area contributed by atoms with E-state index in [1.807, 2.05) is 4.90 Å². The molecule has 3 rings (SSSR count). The van der Waals surface area contributed by atoms with Gasteiger partial charge in [0, 0.05) is 44.2 Å². The molecule has 0 atom stereocenters. The molecule has 1 aliphatic heterocycles. The van der Waals surface area contributed by atoms with Gasteiger partial charge >= 0.3 is 0 Å². The molecule has 3 heterocycles. The van der Waals surface area contributed by atoms with Crippen molar-refractivity contribution in [1.82, 2.24) is 19.9 Å². The van der Waals surface area contributed by atoms with Gasteiger partial charge in [0.05, 0.1) is 19.0 Å². The molecule has 0 unspecified atom stereocenters. The van der Waals surface area contributed by atoms with Crippen molar-refractivity contribution in [1.29, 1.82) is 0 Å². The first-order valence-corrected chi connectivity index (χ1v) is 8.74. The zero-order chi connectivity index (χ0) is 19.3. The van der Waals surface area contributed by atoms with Crippen LogP contribution in [0.15, 0.2) is 30.7 Å². The molecule has 0 bridgehead atoms.